The van der Waals surface area contributed by atoms with Gasteiger partial charge in [0.15, 0.2) is 0 Å². The SMILES string of the molecule is Cn1cncc1C(=O)O.Cn1cncc1NC(=O)OC(C)(C)C. The van der Waals surface area contributed by atoms with Crippen molar-refractivity contribution < 1.29 is 19.4 Å². The van der Waals surface area contributed by atoms with E-state index in [2.05, 4.69) is 15.3 Å². The van der Waals surface area contributed by atoms with Crippen molar-refractivity contribution in [3.63, 3.8) is 0 Å². The van der Waals surface area contributed by atoms with Gasteiger partial charge in [-0.2, -0.15) is 0 Å². The first-order valence-electron chi connectivity index (χ1n) is 6.76. The number of rotatable bonds is 2. The number of aromatic carboxylic acids is 1. The summed E-state index contributed by atoms with van der Waals surface area (Å²) in [4.78, 5) is 29.0. The summed E-state index contributed by atoms with van der Waals surface area (Å²) in [6.45, 7) is 5.45. The second-order valence-corrected chi connectivity index (χ2v) is 5.71. The van der Waals surface area contributed by atoms with Crippen LogP contribution in [-0.2, 0) is 18.8 Å². The van der Waals surface area contributed by atoms with Crippen molar-refractivity contribution in [3.8, 4) is 0 Å². The van der Waals surface area contributed by atoms with Crippen LogP contribution in [0.5, 0.6) is 0 Å². The third-order valence-corrected chi connectivity index (χ3v) is 2.48. The highest BCUT2D eigenvalue weighted by atomic mass is 16.6. The molecule has 0 saturated carbocycles. The Bertz CT molecular complexity index is 669. The molecular formula is C14H21N5O4. The van der Waals surface area contributed by atoms with Gasteiger partial charge < -0.3 is 19.0 Å². The van der Waals surface area contributed by atoms with Gasteiger partial charge in [0.2, 0.25) is 0 Å². The van der Waals surface area contributed by atoms with Crippen LogP contribution in [0, 0.1) is 0 Å². The number of nitrogens with zero attached hydrogens (tertiary/aromatic N) is 4. The van der Waals surface area contributed by atoms with Gasteiger partial charge in [-0.1, -0.05) is 0 Å². The Hall–Kier alpha value is -2.84. The molecule has 9 heteroatoms. The molecule has 2 aromatic rings. The highest BCUT2D eigenvalue weighted by molar-refractivity contribution is 5.85. The molecule has 2 aromatic heterocycles. The van der Waals surface area contributed by atoms with Crippen molar-refractivity contribution in [2.24, 2.45) is 14.1 Å². The molecule has 23 heavy (non-hydrogen) atoms. The Morgan fingerprint density at radius 2 is 1.70 bits per heavy atom. The maximum atomic E-state index is 11.3. The number of hydrogen-bond acceptors (Lipinski definition) is 5. The van der Waals surface area contributed by atoms with Crippen LogP contribution in [0.4, 0.5) is 10.6 Å². The first-order valence-corrected chi connectivity index (χ1v) is 6.76. The quantitative estimate of drug-likeness (QED) is 0.873. The number of ether oxygens (including phenoxy) is 1. The van der Waals surface area contributed by atoms with Crippen LogP contribution in [-0.4, -0.2) is 41.9 Å². The number of carboxylic acids is 1. The third kappa shape index (κ3) is 6.20. The van der Waals surface area contributed by atoms with Crippen molar-refractivity contribution in [3.05, 3.63) is 30.7 Å². The smallest absolute Gasteiger partial charge is 0.413 e. The zero-order chi connectivity index (χ0) is 17.6. The minimum Gasteiger partial charge on any atom is -0.477 e. The van der Waals surface area contributed by atoms with Gasteiger partial charge in [0.1, 0.15) is 17.1 Å². The first-order chi connectivity index (χ1) is 10.6. The highest BCUT2D eigenvalue weighted by Crippen LogP contribution is 2.10. The molecule has 0 aliphatic heterocycles. The number of carboxylic acid groups (broad SMARTS) is 1. The Morgan fingerprint density at radius 1 is 1.13 bits per heavy atom. The Kier molecular flexibility index (Phi) is 5.88. The predicted molar refractivity (Wildman–Crippen MR) is 83.2 cm³/mol. The summed E-state index contributed by atoms with van der Waals surface area (Å²) in [7, 11) is 3.43. The van der Waals surface area contributed by atoms with Crippen molar-refractivity contribution in [2.75, 3.05) is 5.32 Å². The number of nitrogens with one attached hydrogen (secondary N) is 1. The molecule has 2 N–H and O–H groups in total. The lowest BCUT2D eigenvalue weighted by Gasteiger charge is -2.19. The number of hydrogen-bond donors (Lipinski definition) is 2. The third-order valence-electron chi connectivity index (χ3n) is 2.48. The number of anilines is 1. The molecule has 0 fully saturated rings. The fourth-order valence-corrected chi connectivity index (χ4v) is 1.45. The van der Waals surface area contributed by atoms with E-state index in [0.29, 0.717) is 5.82 Å². The molecule has 0 bridgehead atoms. The molecule has 9 nitrogen and oxygen atoms in total. The minimum atomic E-state index is -0.949. The van der Waals surface area contributed by atoms with Crippen LogP contribution in [0.25, 0.3) is 0 Å². The minimum absolute atomic E-state index is 0.204. The fourth-order valence-electron chi connectivity index (χ4n) is 1.45. The summed E-state index contributed by atoms with van der Waals surface area (Å²) >= 11 is 0. The van der Waals surface area contributed by atoms with Gasteiger partial charge in [-0.3, -0.25) is 5.32 Å². The maximum Gasteiger partial charge on any atom is 0.413 e. The summed E-state index contributed by atoms with van der Waals surface area (Å²) in [5.74, 6) is -0.339. The lowest BCUT2D eigenvalue weighted by Crippen LogP contribution is -2.27. The van der Waals surface area contributed by atoms with E-state index in [0.717, 1.165) is 0 Å². The zero-order valence-corrected chi connectivity index (χ0v) is 13.8. The van der Waals surface area contributed by atoms with E-state index < -0.39 is 17.7 Å². The number of carbonyl (C=O) groups is 2. The Labute approximate surface area is 133 Å². The van der Waals surface area contributed by atoms with Crippen molar-refractivity contribution in [1.82, 2.24) is 19.1 Å². The highest BCUT2D eigenvalue weighted by Gasteiger charge is 2.16. The number of carbonyl (C=O) groups excluding carboxylic acids is 1. The van der Waals surface area contributed by atoms with Crippen LogP contribution < -0.4 is 5.32 Å². The van der Waals surface area contributed by atoms with E-state index in [1.165, 1.54) is 17.1 Å². The van der Waals surface area contributed by atoms with E-state index in [1.807, 2.05) is 20.8 Å². The molecule has 1 amide bonds. The van der Waals surface area contributed by atoms with E-state index in [-0.39, 0.29) is 5.69 Å². The molecule has 2 rings (SSSR count). The van der Waals surface area contributed by atoms with E-state index in [9.17, 15) is 9.59 Å². The zero-order valence-electron chi connectivity index (χ0n) is 13.8. The second kappa shape index (κ2) is 7.43. The van der Waals surface area contributed by atoms with Gasteiger partial charge >= 0.3 is 12.1 Å². The molecular weight excluding hydrogens is 302 g/mol. The van der Waals surface area contributed by atoms with E-state index in [4.69, 9.17) is 9.84 Å². The average Bonchev–Trinajstić information content (AvgIpc) is 2.97. The van der Waals surface area contributed by atoms with Gasteiger partial charge in [0.05, 0.1) is 25.0 Å². The van der Waals surface area contributed by atoms with Crippen molar-refractivity contribution >= 4 is 17.9 Å². The molecule has 126 valence electrons. The maximum absolute atomic E-state index is 11.3. The van der Waals surface area contributed by atoms with Crippen LogP contribution >= 0.6 is 0 Å². The van der Waals surface area contributed by atoms with Crippen LogP contribution in [0.1, 0.15) is 31.3 Å². The molecule has 0 aromatic carbocycles. The summed E-state index contributed by atoms with van der Waals surface area (Å²) in [5, 5.41) is 11.0. The van der Waals surface area contributed by atoms with Crippen LogP contribution in [0.15, 0.2) is 25.0 Å². The van der Waals surface area contributed by atoms with Gasteiger partial charge in [0.25, 0.3) is 0 Å². The van der Waals surface area contributed by atoms with Crippen LogP contribution in [0.2, 0.25) is 0 Å². The van der Waals surface area contributed by atoms with E-state index >= 15 is 0 Å². The Morgan fingerprint density at radius 3 is 2.04 bits per heavy atom. The van der Waals surface area contributed by atoms with Gasteiger partial charge in [-0.15, -0.1) is 0 Å². The van der Waals surface area contributed by atoms with Crippen LogP contribution in [0.3, 0.4) is 0 Å². The van der Waals surface area contributed by atoms with Gasteiger partial charge in [-0.25, -0.2) is 19.6 Å². The Balaban J connectivity index is 0.000000253. The number of imidazole rings is 2. The van der Waals surface area contributed by atoms with Gasteiger partial charge in [0, 0.05) is 14.1 Å². The standard InChI is InChI=1S/C9H15N3O2.C5H6N2O2/c1-9(2,3)14-8(13)11-7-5-10-6-12(7)4;1-7-3-6-2-4(7)5(8)9/h5-6H,1-4H3,(H,11,13);2-3H,1H3,(H,8,9). The summed E-state index contributed by atoms with van der Waals surface area (Å²) in [6.07, 6.45) is 5.45. The monoisotopic (exact) mass is 323 g/mol. The summed E-state index contributed by atoms with van der Waals surface area (Å²) in [6, 6.07) is 0. The normalized spacial score (nSPS) is 10.5. The molecule has 0 unspecified atom stereocenters. The van der Waals surface area contributed by atoms with Gasteiger partial charge in [-0.05, 0) is 20.8 Å². The topological polar surface area (TPSA) is 111 Å². The van der Waals surface area contributed by atoms with Crippen molar-refractivity contribution in [2.45, 2.75) is 26.4 Å². The summed E-state index contributed by atoms with van der Waals surface area (Å²) < 4.78 is 8.22. The first kappa shape index (κ1) is 18.2. The number of aryl methyl sites for hydroxylation is 2. The molecule has 0 spiro atoms. The fraction of sp³-hybridized carbons (Fsp3) is 0.429. The molecule has 0 aliphatic rings. The lowest BCUT2D eigenvalue weighted by molar-refractivity contribution is 0.0632. The molecule has 0 atom stereocenters. The second-order valence-electron chi connectivity index (χ2n) is 5.71. The summed E-state index contributed by atoms with van der Waals surface area (Å²) in [5.41, 5.74) is -0.280. The largest absolute Gasteiger partial charge is 0.477 e. The molecule has 0 radical (unpaired) electrons. The molecule has 2 heterocycles. The molecule has 0 aliphatic carbocycles. The predicted octanol–water partition coefficient (Wildman–Crippen LogP) is 1.89. The molecule has 0 saturated heterocycles. The average molecular weight is 323 g/mol. The lowest BCUT2D eigenvalue weighted by atomic mass is 10.2. The van der Waals surface area contributed by atoms with E-state index in [1.54, 1.807) is 31.2 Å². The number of amides is 1. The van der Waals surface area contributed by atoms with Crippen molar-refractivity contribution in [1.29, 1.82) is 0 Å². The number of aromatic nitrogens is 4.